The van der Waals surface area contributed by atoms with Crippen molar-refractivity contribution in [1.82, 2.24) is 16.0 Å². The van der Waals surface area contributed by atoms with E-state index in [-0.39, 0.29) is 22.4 Å². The van der Waals surface area contributed by atoms with E-state index >= 15 is 0 Å². The highest BCUT2D eigenvalue weighted by atomic mass is 32.2. The van der Waals surface area contributed by atoms with Gasteiger partial charge in [-0.3, -0.25) is 18.8 Å². The predicted octanol–water partition coefficient (Wildman–Crippen LogP) is 4.02. The molecule has 0 saturated heterocycles. The van der Waals surface area contributed by atoms with Gasteiger partial charge in [0.25, 0.3) is 10.5 Å². The van der Waals surface area contributed by atoms with Crippen LogP contribution < -0.4 is 16.0 Å². The molecule has 0 fully saturated rings. The number of amides is 2. The van der Waals surface area contributed by atoms with Crippen molar-refractivity contribution < 1.29 is 24.0 Å². The molecule has 224 valence electrons. The second-order valence-electron chi connectivity index (χ2n) is 6.35. The van der Waals surface area contributed by atoms with Crippen molar-refractivity contribution in [3.63, 3.8) is 0 Å². The van der Waals surface area contributed by atoms with Gasteiger partial charge in [-0.05, 0) is 0 Å². The second kappa shape index (κ2) is 33.3. The predicted molar refractivity (Wildman–Crippen MR) is 187 cm³/mol. The highest BCUT2D eigenvalue weighted by Gasteiger charge is 2.04. The number of thioether (sulfide) groups is 9. The maximum absolute atomic E-state index is 12.0. The molecule has 0 aromatic carbocycles. The molecule has 5 N–H and O–H groups in total. The summed E-state index contributed by atoms with van der Waals surface area (Å²) in [6.45, 7) is 2.74. The molecule has 0 rings (SSSR count). The number of rotatable bonds is 27. The molecule has 0 heterocycles. The Morgan fingerprint density at radius 1 is 0.711 bits per heavy atom. The minimum Gasteiger partial charge on any atom is -0.386 e. The zero-order valence-corrected chi connectivity index (χ0v) is 29.2. The maximum Gasteiger partial charge on any atom is 0.279 e. The van der Waals surface area contributed by atoms with Crippen LogP contribution in [0.4, 0.5) is 9.59 Å². The molecule has 1 unspecified atom stereocenters. The van der Waals surface area contributed by atoms with Gasteiger partial charge in [-0.1, -0.05) is 23.5 Å². The van der Waals surface area contributed by atoms with E-state index in [4.69, 9.17) is 10.2 Å². The Hall–Kier alpha value is 1.79. The van der Waals surface area contributed by atoms with Crippen molar-refractivity contribution in [2.75, 3.05) is 92.4 Å². The van der Waals surface area contributed by atoms with Crippen molar-refractivity contribution in [3.05, 3.63) is 0 Å². The summed E-state index contributed by atoms with van der Waals surface area (Å²) in [4.78, 5) is 27.7. The molecule has 0 aliphatic rings. The molecular formula is C19H38N4O5S10. The third-order valence-electron chi connectivity index (χ3n) is 3.48. The highest BCUT2D eigenvalue weighted by Crippen LogP contribution is 2.17. The summed E-state index contributed by atoms with van der Waals surface area (Å²) < 4.78 is 12.0. The Morgan fingerprint density at radius 2 is 1.29 bits per heavy atom. The Morgan fingerprint density at radius 3 is 1.95 bits per heavy atom. The van der Waals surface area contributed by atoms with E-state index in [0.717, 1.165) is 45.6 Å². The number of hydrogen-bond acceptors (Lipinski definition) is 16. The summed E-state index contributed by atoms with van der Waals surface area (Å²) >= 11 is 13.6. The highest BCUT2D eigenvalue weighted by molar-refractivity contribution is 8.27. The number of nitrogens with zero attached hydrogens (tertiary/aromatic N) is 1. The molecule has 2 amide bonds. The van der Waals surface area contributed by atoms with E-state index in [9.17, 15) is 13.8 Å². The topological polar surface area (TPSA) is 140 Å². The average molecular weight is 723 g/mol. The Labute approximate surface area is 267 Å². The van der Waals surface area contributed by atoms with Gasteiger partial charge >= 0.3 is 0 Å². The Kier molecular flexibility index (Phi) is 34.9. The Balaban J connectivity index is 3.43. The fourth-order valence-corrected chi connectivity index (χ4v) is 10.4. The van der Waals surface area contributed by atoms with Crippen molar-refractivity contribution >= 4 is 133 Å². The summed E-state index contributed by atoms with van der Waals surface area (Å²) in [7, 11) is -1.15. The molecule has 0 aromatic rings. The second-order valence-corrected chi connectivity index (χ2v) is 18.6. The minimum atomic E-state index is -1.15. The molecule has 1 atom stereocenters. The van der Waals surface area contributed by atoms with Crippen LogP contribution in [0.15, 0.2) is 4.99 Å². The lowest BCUT2D eigenvalue weighted by molar-refractivity contribution is 0.260. The van der Waals surface area contributed by atoms with E-state index in [0.29, 0.717) is 34.9 Å². The first-order chi connectivity index (χ1) is 18.6. The third-order valence-corrected chi connectivity index (χ3v) is 13.9. The fraction of sp³-hybridized carbons (Fsp3) is 0.842. The smallest absolute Gasteiger partial charge is 0.279 e. The molecule has 0 saturated carbocycles. The zero-order chi connectivity index (χ0) is 27.9. The van der Waals surface area contributed by atoms with Gasteiger partial charge in [0.05, 0.1) is 33.3 Å². The lowest BCUT2D eigenvalue weighted by atomic mass is 10.7. The molecule has 0 spiro atoms. The van der Waals surface area contributed by atoms with Crippen molar-refractivity contribution in [3.8, 4) is 0 Å². The molecule has 0 radical (unpaired) electrons. The average Bonchev–Trinajstić information content (AvgIpc) is 2.91. The van der Waals surface area contributed by atoms with E-state index in [2.05, 4.69) is 20.9 Å². The van der Waals surface area contributed by atoms with Gasteiger partial charge in [0.1, 0.15) is 0 Å². The first kappa shape index (κ1) is 39.8. The number of nitrogens with one attached hydrogen (secondary N) is 3. The quantitative estimate of drug-likeness (QED) is 0.0361. The van der Waals surface area contributed by atoms with Crippen molar-refractivity contribution in [2.24, 2.45) is 4.99 Å². The molecule has 0 aromatic heterocycles. The van der Waals surface area contributed by atoms with Gasteiger partial charge in [-0.2, -0.15) is 23.5 Å². The SMILES string of the molecule is O=C(NCCSCCN=CS(=O)CSCSC(=O)NCCSCCNCSCSCO)SCSCSCO. The Bertz CT molecular complexity index is 628. The van der Waals surface area contributed by atoms with Gasteiger partial charge in [0.15, 0.2) is 0 Å². The number of carbonyl (C=O) groups excluding carboxylic acids is 2. The van der Waals surface area contributed by atoms with Crippen LogP contribution in [0, 0.1) is 0 Å². The maximum atomic E-state index is 12.0. The van der Waals surface area contributed by atoms with E-state index in [1.165, 1.54) is 64.4 Å². The molecular weight excluding hydrogens is 685 g/mol. The van der Waals surface area contributed by atoms with Crippen molar-refractivity contribution in [1.29, 1.82) is 0 Å². The number of hydrogen-bond donors (Lipinski definition) is 5. The lowest BCUT2D eigenvalue weighted by Gasteiger charge is -2.06. The lowest BCUT2D eigenvalue weighted by Crippen LogP contribution is -2.22. The summed E-state index contributed by atoms with van der Waals surface area (Å²) in [5.41, 5.74) is 1.47. The number of aliphatic hydroxyl groups excluding tert-OH is 2. The van der Waals surface area contributed by atoms with Crippen LogP contribution in [-0.4, -0.2) is 123 Å². The molecule has 19 heteroatoms. The normalized spacial score (nSPS) is 12.2. The van der Waals surface area contributed by atoms with Crippen LogP contribution in [0.3, 0.4) is 0 Å². The molecule has 9 nitrogen and oxygen atoms in total. The van der Waals surface area contributed by atoms with Gasteiger partial charge in [-0.15, -0.1) is 58.8 Å². The van der Waals surface area contributed by atoms with Gasteiger partial charge in [0, 0.05) is 75.4 Å². The summed E-state index contributed by atoms with van der Waals surface area (Å²) in [6.07, 6.45) is 0. The van der Waals surface area contributed by atoms with Crippen LogP contribution in [0.25, 0.3) is 0 Å². The fourth-order valence-electron chi connectivity index (χ4n) is 1.90. The summed E-state index contributed by atoms with van der Waals surface area (Å²) in [5, 5.41) is 29.6. The van der Waals surface area contributed by atoms with E-state index in [1.807, 2.05) is 0 Å². The molecule has 0 aliphatic carbocycles. The summed E-state index contributed by atoms with van der Waals surface area (Å²) in [5.74, 6) is 4.60. The summed E-state index contributed by atoms with van der Waals surface area (Å²) in [6, 6.07) is 0. The van der Waals surface area contributed by atoms with Gasteiger partial charge in [-0.25, -0.2) is 0 Å². The van der Waals surface area contributed by atoms with Crippen LogP contribution in [0.1, 0.15) is 0 Å². The van der Waals surface area contributed by atoms with Crippen LogP contribution >= 0.6 is 106 Å². The number of aliphatic hydroxyl groups is 2. The van der Waals surface area contributed by atoms with Crippen LogP contribution in [-0.2, 0) is 10.8 Å². The largest absolute Gasteiger partial charge is 0.386 e. The van der Waals surface area contributed by atoms with Crippen molar-refractivity contribution in [2.45, 2.75) is 0 Å². The molecule has 0 aliphatic heterocycles. The first-order valence-corrected chi connectivity index (χ1v) is 22.7. The monoisotopic (exact) mass is 722 g/mol. The van der Waals surface area contributed by atoms with Gasteiger partial charge < -0.3 is 26.2 Å². The van der Waals surface area contributed by atoms with Gasteiger partial charge in [0.2, 0.25) is 0 Å². The van der Waals surface area contributed by atoms with Crippen LogP contribution in [0.5, 0.6) is 0 Å². The zero-order valence-electron chi connectivity index (χ0n) is 21.0. The number of aliphatic imine (C=N–C) groups is 1. The number of carbonyl (C=O) groups is 2. The molecule has 38 heavy (non-hydrogen) atoms. The molecule has 0 bridgehead atoms. The van der Waals surface area contributed by atoms with E-state index < -0.39 is 10.8 Å². The van der Waals surface area contributed by atoms with Crippen LogP contribution in [0.2, 0.25) is 0 Å². The standard InChI is InChI=1S/C19H38N4O5S10/c24-11-32-13-31-9-20-1-5-29-7-3-23-19(27)37-16-35-17-38(28)10-21-2-6-30-8-4-22-18(26)36-15-34-14-33-12-25/h10,20,24-25H,1-9,11-17H2,(H,22,26)(H,23,27). The third kappa shape index (κ3) is 32.3. The first-order valence-electron chi connectivity index (χ1n) is 11.2. The van der Waals surface area contributed by atoms with E-state index in [1.54, 1.807) is 47.0 Å². The minimum absolute atomic E-state index is 0.0344.